The van der Waals surface area contributed by atoms with Crippen molar-refractivity contribution in [3.63, 3.8) is 0 Å². The molecule has 2 aliphatic rings. The van der Waals surface area contributed by atoms with E-state index in [9.17, 15) is 19.2 Å². The molecule has 0 radical (unpaired) electrons. The van der Waals surface area contributed by atoms with Crippen molar-refractivity contribution in [1.82, 2.24) is 20.9 Å². The van der Waals surface area contributed by atoms with Crippen molar-refractivity contribution in [2.75, 3.05) is 6.54 Å². The lowest BCUT2D eigenvalue weighted by Crippen LogP contribution is -2.56. The number of nitrogens with one attached hydrogen (secondary N) is 3. The van der Waals surface area contributed by atoms with Gasteiger partial charge in [-0.2, -0.15) is 0 Å². The van der Waals surface area contributed by atoms with Crippen molar-refractivity contribution in [1.29, 1.82) is 0 Å². The summed E-state index contributed by atoms with van der Waals surface area (Å²) >= 11 is 0. The van der Waals surface area contributed by atoms with Crippen LogP contribution in [-0.2, 0) is 14.3 Å². The number of hydrogen-bond acceptors (Lipinski definition) is 5. The fourth-order valence-electron chi connectivity index (χ4n) is 4.55. The SMILES string of the molecule is CC(C)(C)OC(=O)NC(C)(C)C(=O)NCCC(=O)N(C(=O)NC1CCCCC1)C1CCCCC1. The van der Waals surface area contributed by atoms with Gasteiger partial charge in [-0.05, 0) is 60.3 Å². The van der Waals surface area contributed by atoms with Crippen LogP contribution in [0.1, 0.15) is 105 Å². The number of carbonyl (C=O) groups excluding carboxylic acids is 4. The third-order valence-corrected chi connectivity index (χ3v) is 6.37. The van der Waals surface area contributed by atoms with Crippen LogP contribution in [0, 0.1) is 0 Å². The van der Waals surface area contributed by atoms with Gasteiger partial charge >= 0.3 is 12.1 Å². The highest BCUT2D eigenvalue weighted by molar-refractivity contribution is 5.95. The molecule has 9 heteroatoms. The Balaban J connectivity index is 1.91. The highest BCUT2D eigenvalue weighted by Crippen LogP contribution is 2.24. The molecule has 0 heterocycles. The number of urea groups is 1. The summed E-state index contributed by atoms with van der Waals surface area (Å²) in [5.74, 6) is -0.708. The van der Waals surface area contributed by atoms with E-state index in [4.69, 9.17) is 4.74 Å². The number of nitrogens with zero attached hydrogens (tertiary/aromatic N) is 1. The Hall–Kier alpha value is -2.32. The second kappa shape index (κ2) is 12.4. The van der Waals surface area contributed by atoms with Gasteiger partial charge in [0.2, 0.25) is 11.8 Å². The fourth-order valence-corrected chi connectivity index (χ4v) is 4.55. The van der Waals surface area contributed by atoms with Gasteiger partial charge in [0, 0.05) is 25.0 Å². The molecule has 9 nitrogen and oxygen atoms in total. The maximum Gasteiger partial charge on any atom is 0.408 e. The molecule has 0 aromatic heterocycles. The third-order valence-electron chi connectivity index (χ3n) is 6.37. The van der Waals surface area contributed by atoms with Crippen molar-refractivity contribution in [2.45, 2.75) is 128 Å². The normalized spacial score (nSPS) is 18.0. The molecule has 0 aliphatic heterocycles. The first-order chi connectivity index (χ1) is 15.9. The minimum atomic E-state index is -1.22. The molecule has 0 spiro atoms. The molecule has 2 aliphatic carbocycles. The zero-order valence-electron chi connectivity index (χ0n) is 21.6. The lowest BCUT2D eigenvalue weighted by Gasteiger charge is -2.35. The number of hydrogen-bond donors (Lipinski definition) is 3. The third kappa shape index (κ3) is 9.14. The van der Waals surface area contributed by atoms with Gasteiger partial charge < -0.3 is 20.7 Å². The summed E-state index contributed by atoms with van der Waals surface area (Å²) < 4.78 is 5.22. The molecule has 0 bridgehead atoms. The molecule has 194 valence electrons. The van der Waals surface area contributed by atoms with E-state index >= 15 is 0 Å². The minimum Gasteiger partial charge on any atom is -0.444 e. The zero-order valence-corrected chi connectivity index (χ0v) is 21.6. The van der Waals surface area contributed by atoms with Crippen molar-refractivity contribution in [2.24, 2.45) is 0 Å². The van der Waals surface area contributed by atoms with E-state index in [0.717, 1.165) is 57.8 Å². The first kappa shape index (κ1) is 27.9. The van der Waals surface area contributed by atoms with E-state index in [0.29, 0.717) is 0 Å². The van der Waals surface area contributed by atoms with E-state index in [2.05, 4.69) is 16.0 Å². The van der Waals surface area contributed by atoms with E-state index in [1.165, 1.54) is 11.3 Å². The van der Waals surface area contributed by atoms with Gasteiger partial charge in [0.25, 0.3) is 0 Å². The van der Waals surface area contributed by atoms with Crippen LogP contribution in [0.15, 0.2) is 0 Å². The smallest absolute Gasteiger partial charge is 0.408 e. The van der Waals surface area contributed by atoms with Gasteiger partial charge in [-0.1, -0.05) is 38.5 Å². The van der Waals surface area contributed by atoms with Crippen molar-refractivity contribution >= 4 is 23.9 Å². The largest absolute Gasteiger partial charge is 0.444 e. The molecule has 0 unspecified atom stereocenters. The van der Waals surface area contributed by atoms with Crippen LogP contribution in [0.2, 0.25) is 0 Å². The van der Waals surface area contributed by atoms with Gasteiger partial charge in [0.15, 0.2) is 0 Å². The molecule has 2 rings (SSSR count). The second-order valence-corrected chi connectivity index (χ2v) is 11.1. The summed E-state index contributed by atoms with van der Waals surface area (Å²) in [6, 6.07) is -0.271. The molecular formula is C25H44N4O5. The summed E-state index contributed by atoms with van der Waals surface area (Å²) in [5, 5.41) is 8.35. The molecule has 5 amide bonds. The van der Waals surface area contributed by atoms with E-state index < -0.39 is 23.1 Å². The van der Waals surface area contributed by atoms with E-state index in [1.807, 2.05) is 0 Å². The van der Waals surface area contributed by atoms with Crippen LogP contribution in [0.25, 0.3) is 0 Å². The van der Waals surface area contributed by atoms with Gasteiger partial charge in [0.05, 0.1) is 0 Å². The van der Waals surface area contributed by atoms with Crippen LogP contribution < -0.4 is 16.0 Å². The Labute approximate surface area is 204 Å². The van der Waals surface area contributed by atoms with Crippen LogP contribution in [0.3, 0.4) is 0 Å². The van der Waals surface area contributed by atoms with E-state index in [-0.39, 0.29) is 37.0 Å². The maximum absolute atomic E-state index is 13.1. The van der Waals surface area contributed by atoms with Crippen LogP contribution in [-0.4, -0.2) is 58.6 Å². The molecule has 2 saturated carbocycles. The molecular weight excluding hydrogens is 436 g/mol. The fraction of sp³-hybridized carbons (Fsp3) is 0.840. The summed E-state index contributed by atoms with van der Waals surface area (Å²) in [4.78, 5) is 52.3. The number of alkyl carbamates (subject to hydrolysis) is 1. The lowest BCUT2D eigenvalue weighted by atomic mass is 9.93. The van der Waals surface area contributed by atoms with Crippen LogP contribution >= 0.6 is 0 Å². The maximum atomic E-state index is 13.1. The van der Waals surface area contributed by atoms with Crippen molar-refractivity contribution in [3.05, 3.63) is 0 Å². The zero-order chi connectivity index (χ0) is 25.4. The number of ether oxygens (including phenoxy) is 1. The number of amides is 5. The number of carbonyl (C=O) groups is 4. The predicted octanol–water partition coefficient (Wildman–Crippen LogP) is 4.00. The molecule has 0 atom stereocenters. The first-order valence-corrected chi connectivity index (χ1v) is 12.8. The standard InChI is InChI=1S/C25H44N4O5/c1-24(2,3)34-23(33)28-25(4,5)21(31)26-17-16-20(30)29(19-14-10-7-11-15-19)22(32)27-18-12-8-6-9-13-18/h18-19H,6-17H2,1-5H3,(H,26,31)(H,27,32)(H,28,33). The molecule has 2 fully saturated rings. The lowest BCUT2D eigenvalue weighted by molar-refractivity contribution is -0.131. The molecule has 0 aromatic rings. The average Bonchev–Trinajstić information content (AvgIpc) is 2.73. The van der Waals surface area contributed by atoms with E-state index in [1.54, 1.807) is 34.6 Å². The summed E-state index contributed by atoms with van der Waals surface area (Å²) in [5.41, 5.74) is -1.89. The summed E-state index contributed by atoms with van der Waals surface area (Å²) in [7, 11) is 0. The Bertz CT molecular complexity index is 719. The average molecular weight is 481 g/mol. The Morgan fingerprint density at radius 2 is 1.41 bits per heavy atom. The molecule has 34 heavy (non-hydrogen) atoms. The van der Waals surface area contributed by atoms with Gasteiger partial charge in [0.1, 0.15) is 11.1 Å². The monoisotopic (exact) mass is 480 g/mol. The van der Waals surface area contributed by atoms with Crippen LogP contribution in [0.4, 0.5) is 9.59 Å². The van der Waals surface area contributed by atoms with Gasteiger partial charge in [-0.25, -0.2) is 9.59 Å². The number of imide groups is 1. The Morgan fingerprint density at radius 3 is 1.97 bits per heavy atom. The molecule has 3 N–H and O–H groups in total. The van der Waals surface area contributed by atoms with Crippen molar-refractivity contribution in [3.8, 4) is 0 Å². The molecule has 0 saturated heterocycles. The number of rotatable bonds is 7. The summed E-state index contributed by atoms with van der Waals surface area (Å²) in [6.45, 7) is 8.45. The minimum absolute atomic E-state index is 0.0167. The Morgan fingerprint density at radius 1 is 0.853 bits per heavy atom. The van der Waals surface area contributed by atoms with Crippen molar-refractivity contribution < 1.29 is 23.9 Å². The quantitative estimate of drug-likeness (QED) is 0.509. The highest BCUT2D eigenvalue weighted by Gasteiger charge is 2.34. The van der Waals surface area contributed by atoms with Gasteiger partial charge in [-0.15, -0.1) is 0 Å². The highest BCUT2D eigenvalue weighted by atomic mass is 16.6. The predicted molar refractivity (Wildman–Crippen MR) is 130 cm³/mol. The van der Waals surface area contributed by atoms with Gasteiger partial charge in [-0.3, -0.25) is 14.5 Å². The Kier molecular flexibility index (Phi) is 10.2. The first-order valence-electron chi connectivity index (χ1n) is 12.8. The topological polar surface area (TPSA) is 117 Å². The van der Waals surface area contributed by atoms with Crippen LogP contribution in [0.5, 0.6) is 0 Å². The second-order valence-electron chi connectivity index (χ2n) is 11.1. The summed E-state index contributed by atoms with van der Waals surface area (Å²) in [6.07, 6.45) is 9.40. The molecule has 0 aromatic carbocycles.